The van der Waals surface area contributed by atoms with Gasteiger partial charge in [-0.3, -0.25) is 4.79 Å². The summed E-state index contributed by atoms with van der Waals surface area (Å²) in [6.07, 6.45) is -2.37. The summed E-state index contributed by atoms with van der Waals surface area (Å²) in [5.74, 6) is -2.49. The Morgan fingerprint density at radius 3 is 2.29 bits per heavy atom. The van der Waals surface area contributed by atoms with E-state index in [1.807, 2.05) is 6.92 Å². The van der Waals surface area contributed by atoms with E-state index in [2.05, 4.69) is 5.32 Å². The zero-order chi connectivity index (χ0) is 11.1. The van der Waals surface area contributed by atoms with Crippen LogP contribution < -0.4 is 5.32 Å². The third-order valence-corrected chi connectivity index (χ3v) is 1.65. The molecule has 0 rings (SSSR count). The Bertz CT molecular complexity index is 206. The van der Waals surface area contributed by atoms with Crippen molar-refractivity contribution >= 4 is 11.9 Å². The second-order valence-corrected chi connectivity index (χ2v) is 2.87. The first-order valence-corrected chi connectivity index (χ1v) is 4.37. The zero-order valence-electron chi connectivity index (χ0n) is 7.93. The van der Waals surface area contributed by atoms with Crippen molar-refractivity contribution in [3.05, 3.63) is 0 Å². The molecule has 0 aromatic carbocycles. The molecule has 2 atom stereocenters. The summed E-state index contributed by atoms with van der Waals surface area (Å²) in [6.45, 7) is 2.29. The summed E-state index contributed by atoms with van der Waals surface area (Å²) in [7, 11) is 0. The van der Waals surface area contributed by atoms with Gasteiger partial charge in [-0.1, -0.05) is 13.3 Å². The number of rotatable bonds is 6. The van der Waals surface area contributed by atoms with E-state index in [-0.39, 0.29) is 0 Å². The molecule has 0 aliphatic carbocycles. The van der Waals surface area contributed by atoms with Gasteiger partial charge in [0.25, 0.3) is 5.91 Å². The molecule has 6 nitrogen and oxygen atoms in total. The van der Waals surface area contributed by atoms with Gasteiger partial charge in [-0.25, -0.2) is 4.79 Å². The number of amides is 1. The average molecular weight is 205 g/mol. The van der Waals surface area contributed by atoms with Crippen LogP contribution in [-0.4, -0.2) is 45.9 Å². The van der Waals surface area contributed by atoms with Gasteiger partial charge in [0.15, 0.2) is 12.2 Å². The summed E-state index contributed by atoms with van der Waals surface area (Å²) in [4.78, 5) is 21.2. The number of carbonyl (C=O) groups excluding carboxylic acids is 1. The number of nitrogens with one attached hydrogen (secondary N) is 1. The number of carbonyl (C=O) groups is 2. The van der Waals surface area contributed by atoms with Crippen LogP contribution in [0.2, 0.25) is 0 Å². The molecule has 0 bridgehead atoms. The Labute approximate surface area is 81.5 Å². The molecule has 0 aliphatic heterocycles. The van der Waals surface area contributed by atoms with Gasteiger partial charge >= 0.3 is 5.97 Å². The van der Waals surface area contributed by atoms with Gasteiger partial charge in [-0.05, 0) is 6.42 Å². The van der Waals surface area contributed by atoms with Crippen LogP contribution in [0.15, 0.2) is 0 Å². The highest BCUT2D eigenvalue weighted by atomic mass is 16.4. The number of carboxylic acid groups (broad SMARTS) is 1. The molecule has 0 saturated carbocycles. The topological polar surface area (TPSA) is 107 Å². The Morgan fingerprint density at radius 2 is 1.86 bits per heavy atom. The largest absolute Gasteiger partial charge is 0.479 e. The Balaban J connectivity index is 3.92. The van der Waals surface area contributed by atoms with Gasteiger partial charge in [0.1, 0.15) is 0 Å². The monoisotopic (exact) mass is 205 g/mol. The van der Waals surface area contributed by atoms with Crippen LogP contribution in [-0.2, 0) is 9.59 Å². The van der Waals surface area contributed by atoms with Crippen molar-refractivity contribution in [1.29, 1.82) is 0 Å². The molecule has 82 valence electrons. The molecule has 0 spiro atoms. The predicted molar refractivity (Wildman–Crippen MR) is 47.6 cm³/mol. The van der Waals surface area contributed by atoms with Crippen LogP contribution >= 0.6 is 0 Å². The van der Waals surface area contributed by atoms with E-state index in [0.29, 0.717) is 6.54 Å². The van der Waals surface area contributed by atoms with Crippen LogP contribution in [0.25, 0.3) is 0 Å². The van der Waals surface area contributed by atoms with Crippen LogP contribution in [0.3, 0.4) is 0 Å². The lowest BCUT2D eigenvalue weighted by Gasteiger charge is -2.13. The standard InChI is InChI=1S/C8H15NO5/c1-2-3-4-9-7(12)5(10)6(11)8(13)14/h5-6,10-11H,2-4H2,1H3,(H,9,12)(H,13,14). The van der Waals surface area contributed by atoms with Gasteiger partial charge < -0.3 is 20.6 Å². The number of aliphatic hydroxyl groups excluding tert-OH is 2. The van der Waals surface area contributed by atoms with E-state index >= 15 is 0 Å². The minimum atomic E-state index is -2.07. The van der Waals surface area contributed by atoms with E-state index in [1.54, 1.807) is 0 Å². The van der Waals surface area contributed by atoms with Crippen LogP contribution in [0.4, 0.5) is 0 Å². The Hall–Kier alpha value is -1.14. The highest BCUT2D eigenvalue weighted by Gasteiger charge is 2.29. The van der Waals surface area contributed by atoms with E-state index in [9.17, 15) is 9.59 Å². The molecule has 0 aliphatic rings. The van der Waals surface area contributed by atoms with Gasteiger partial charge in [0.05, 0.1) is 0 Å². The third-order valence-electron chi connectivity index (χ3n) is 1.65. The van der Waals surface area contributed by atoms with Gasteiger partial charge in [0, 0.05) is 6.54 Å². The first-order chi connectivity index (χ1) is 6.50. The molecular weight excluding hydrogens is 190 g/mol. The Morgan fingerprint density at radius 1 is 1.29 bits per heavy atom. The average Bonchev–Trinajstić information content (AvgIpc) is 2.15. The lowest BCUT2D eigenvalue weighted by Crippen LogP contribution is -2.45. The molecule has 2 unspecified atom stereocenters. The molecule has 0 aromatic heterocycles. The summed E-state index contributed by atoms with van der Waals surface area (Å²) >= 11 is 0. The Kier molecular flexibility index (Phi) is 5.82. The van der Waals surface area contributed by atoms with Crippen molar-refractivity contribution in [3.8, 4) is 0 Å². The van der Waals surface area contributed by atoms with Crippen molar-refractivity contribution in [2.45, 2.75) is 32.0 Å². The van der Waals surface area contributed by atoms with Gasteiger partial charge in [-0.15, -0.1) is 0 Å². The van der Waals surface area contributed by atoms with E-state index in [4.69, 9.17) is 15.3 Å². The van der Waals surface area contributed by atoms with Crippen LogP contribution in [0.5, 0.6) is 0 Å². The molecule has 0 aromatic rings. The fourth-order valence-corrected chi connectivity index (χ4v) is 0.771. The molecule has 0 heterocycles. The van der Waals surface area contributed by atoms with E-state index in [1.165, 1.54) is 0 Å². The summed E-state index contributed by atoms with van der Waals surface area (Å²) in [5, 5.41) is 28.4. The molecule has 14 heavy (non-hydrogen) atoms. The lowest BCUT2D eigenvalue weighted by atomic mass is 10.2. The summed E-state index contributed by atoms with van der Waals surface area (Å²) < 4.78 is 0. The zero-order valence-corrected chi connectivity index (χ0v) is 7.93. The van der Waals surface area contributed by atoms with Gasteiger partial charge in [0.2, 0.25) is 0 Å². The number of carboxylic acids is 1. The van der Waals surface area contributed by atoms with Crippen LogP contribution in [0.1, 0.15) is 19.8 Å². The molecule has 0 radical (unpaired) electrons. The van der Waals surface area contributed by atoms with Crippen molar-refractivity contribution < 1.29 is 24.9 Å². The van der Waals surface area contributed by atoms with Gasteiger partial charge in [-0.2, -0.15) is 0 Å². The molecular formula is C8H15NO5. The van der Waals surface area contributed by atoms with Crippen molar-refractivity contribution in [2.24, 2.45) is 0 Å². The highest BCUT2D eigenvalue weighted by Crippen LogP contribution is 1.94. The number of unbranched alkanes of at least 4 members (excludes halogenated alkanes) is 1. The molecule has 4 N–H and O–H groups in total. The predicted octanol–water partition coefficient (Wildman–Crippen LogP) is -1.29. The lowest BCUT2D eigenvalue weighted by molar-refractivity contribution is -0.158. The maximum Gasteiger partial charge on any atom is 0.335 e. The quantitative estimate of drug-likeness (QED) is 0.403. The first kappa shape index (κ1) is 12.9. The molecule has 0 saturated heterocycles. The van der Waals surface area contributed by atoms with Crippen molar-refractivity contribution in [1.82, 2.24) is 5.32 Å². The summed E-state index contributed by atoms with van der Waals surface area (Å²) in [6, 6.07) is 0. The second-order valence-electron chi connectivity index (χ2n) is 2.87. The fourth-order valence-electron chi connectivity index (χ4n) is 0.771. The number of aliphatic hydroxyl groups is 2. The SMILES string of the molecule is CCCCNC(=O)C(O)C(O)C(=O)O. The van der Waals surface area contributed by atoms with E-state index in [0.717, 1.165) is 12.8 Å². The second kappa shape index (κ2) is 6.33. The maximum absolute atomic E-state index is 11.0. The van der Waals surface area contributed by atoms with Crippen LogP contribution in [0, 0.1) is 0 Å². The minimum Gasteiger partial charge on any atom is -0.479 e. The minimum absolute atomic E-state index is 0.360. The van der Waals surface area contributed by atoms with Crippen molar-refractivity contribution in [3.63, 3.8) is 0 Å². The molecule has 1 amide bonds. The van der Waals surface area contributed by atoms with Crippen molar-refractivity contribution in [2.75, 3.05) is 6.54 Å². The molecule has 6 heteroatoms. The molecule has 0 fully saturated rings. The summed E-state index contributed by atoms with van der Waals surface area (Å²) in [5.41, 5.74) is 0. The third kappa shape index (κ3) is 4.20. The first-order valence-electron chi connectivity index (χ1n) is 4.37. The number of aliphatic carboxylic acids is 1. The van der Waals surface area contributed by atoms with E-state index < -0.39 is 24.1 Å². The fraction of sp³-hybridized carbons (Fsp3) is 0.750. The maximum atomic E-state index is 11.0. The normalized spacial score (nSPS) is 14.5. The number of hydrogen-bond acceptors (Lipinski definition) is 4. The smallest absolute Gasteiger partial charge is 0.335 e. The number of hydrogen-bond donors (Lipinski definition) is 4. The highest BCUT2D eigenvalue weighted by molar-refractivity contribution is 5.87.